The van der Waals surface area contributed by atoms with Crippen LogP contribution < -0.4 is 0 Å². The molecule has 0 spiro atoms. The third-order valence-electron chi connectivity index (χ3n) is 3.08. The number of hydrogen-bond donors (Lipinski definition) is 1. The van der Waals surface area contributed by atoms with Crippen LogP contribution in [0.4, 0.5) is 0 Å². The van der Waals surface area contributed by atoms with Gasteiger partial charge in [0.15, 0.2) is 0 Å². The molecular weight excluding hydrogens is 274 g/mol. The molecule has 0 amide bonds. The molecule has 0 radical (unpaired) electrons. The zero-order chi connectivity index (χ0) is 15.7. The summed E-state index contributed by atoms with van der Waals surface area (Å²) >= 11 is 0. The second-order valence-corrected chi connectivity index (χ2v) is 4.60. The summed E-state index contributed by atoms with van der Waals surface area (Å²) in [7, 11) is 2.99. The maximum absolute atomic E-state index is 11.2. The van der Waals surface area contributed by atoms with Crippen molar-refractivity contribution >= 4 is 11.9 Å². The number of carboxylic acids is 1. The van der Waals surface area contributed by atoms with Crippen molar-refractivity contribution in [1.29, 1.82) is 0 Å². The first-order chi connectivity index (χ1) is 10.1. The summed E-state index contributed by atoms with van der Waals surface area (Å²) in [6.07, 6.45) is 0.313. The lowest BCUT2D eigenvalue weighted by atomic mass is 10.1. The smallest absolute Gasteiger partial charge is 0.335 e. The van der Waals surface area contributed by atoms with Gasteiger partial charge >= 0.3 is 11.9 Å². The molecular formula is C15H21NO5. The van der Waals surface area contributed by atoms with Crippen LogP contribution in [-0.2, 0) is 20.8 Å². The van der Waals surface area contributed by atoms with Gasteiger partial charge in [-0.15, -0.1) is 0 Å². The Morgan fingerprint density at radius 3 is 2.33 bits per heavy atom. The maximum atomic E-state index is 11.2. The highest BCUT2D eigenvalue weighted by molar-refractivity contribution is 5.87. The van der Waals surface area contributed by atoms with Gasteiger partial charge in [0.1, 0.15) is 0 Å². The summed E-state index contributed by atoms with van der Waals surface area (Å²) in [5, 5.41) is 8.87. The van der Waals surface area contributed by atoms with E-state index in [1.807, 2.05) is 0 Å². The minimum Gasteiger partial charge on any atom is -0.478 e. The molecule has 0 bridgehead atoms. The molecule has 0 saturated carbocycles. The summed E-state index contributed by atoms with van der Waals surface area (Å²) in [6, 6.07) is 6.71. The number of methoxy groups -OCH3 is 2. The fraction of sp³-hybridized carbons (Fsp3) is 0.467. The first kappa shape index (κ1) is 17.1. The number of hydrogen-bond acceptors (Lipinski definition) is 5. The maximum Gasteiger partial charge on any atom is 0.335 e. The number of carbonyl (C=O) groups is 2. The summed E-state index contributed by atoms with van der Waals surface area (Å²) in [4.78, 5) is 24.1. The van der Waals surface area contributed by atoms with Crippen molar-refractivity contribution in [3.63, 3.8) is 0 Å². The molecule has 0 aliphatic rings. The van der Waals surface area contributed by atoms with E-state index in [4.69, 9.17) is 9.84 Å². The number of carboxylic acid groups (broad SMARTS) is 1. The first-order valence-corrected chi connectivity index (χ1v) is 6.67. The van der Waals surface area contributed by atoms with Crippen LogP contribution in [0.3, 0.4) is 0 Å². The molecule has 0 atom stereocenters. The van der Waals surface area contributed by atoms with Gasteiger partial charge in [0.05, 0.1) is 25.7 Å². The predicted molar refractivity (Wildman–Crippen MR) is 77.2 cm³/mol. The van der Waals surface area contributed by atoms with Crippen LogP contribution in [0.15, 0.2) is 24.3 Å². The van der Waals surface area contributed by atoms with E-state index in [2.05, 4.69) is 9.64 Å². The summed E-state index contributed by atoms with van der Waals surface area (Å²) in [5.74, 6) is -1.19. The minimum absolute atomic E-state index is 0.251. The van der Waals surface area contributed by atoms with Crippen molar-refractivity contribution in [1.82, 2.24) is 4.90 Å². The molecule has 0 aliphatic carbocycles. The highest BCUT2D eigenvalue weighted by Gasteiger charge is 2.10. The molecule has 0 heterocycles. The molecule has 21 heavy (non-hydrogen) atoms. The Morgan fingerprint density at radius 2 is 1.81 bits per heavy atom. The normalized spacial score (nSPS) is 10.6. The molecule has 116 valence electrons. The lowest BCUT2D eigenvalue weighted by Crippen LogP contribution is -2.29. The van der Waals surface area contributed by atoms with Gasteiger partial charge in [0.25, 0.3) is 0 Å². The van der Waals surface area contributed by atoms with Crippen molar-refractivity contribution in [2.45, 2.75) is 13.0 Å². The van der Waals surface area contributed by atoms with Gasteiger partial charge < -0.3 is 14.6 Å². The van der Waals surface area contributed by atoms with Gasteiger partial charge in [-0.2, -0.15) is 0 Å². The van der Waals surface area contributed by atoms with Crippen LogP contribution in [0, 0.1) is 0 Å². The van der Waals surface area contributed by atoms with E-state index in [1.165, 1.54) is 7.11 Å². The molecule has 0 aliphatic heterocycles. The van der Waals surface area contributed by atoms with Gasteiger partial charge in [-0.3, -0.25) is 9.69 Å². The summed E-state index contributed by atoms with van der Waals surface area (Å²) in [5.41, 5.74) is 1.25. The topological polar surface area (TPSA) is 76.1 Å². The Kier molecular flexibility index (Phi) is 7.42. The van der Waals surface area contributed by atoms with E-state index in [9.17, 15) is 9.59 Å². The molecule has 1 aromatic rings. The number of benzene rings is 1. The number of esters is 1. The van der Waals surface area contributed by atoms with E-state index in [1.54, 1.807) is 31.4 Å². The van der Waals surface area contributed by atoms with Crippen molar-refractivity contribution in [3.8, 4) is 0 Å². The highest BCUT2D eigenvalue weighted by Crippen LogP contribution is 2.08. The number of aromatic carboxylic acids is 1. The highest BCUT2D eigenvalue weighted by atomic mass is 16.5. The van der Waals surface area contributed by atoms with Crippen LogP contribution >= 0.6 is 0 Å². The quantitative estimate of drug-likeness (QED) is 0.694. The standard InChI is InChI=1S/C15H21NO5/c1-20-10-9-16(8-7-14(17)21-2)11-12-3-5-13(6-4-12)15(18)19/h3-6H,7-11H2,1-2H3,(H,18,19). The fourth-order valence-corrected chi connectivity index (χ4v) is 1.85. The minimum atomic E-state index is -0.941. The van der Waals surface area contributed by atoms with E-state index in [0.29, 0.717) is 32.7 Å². The lowest BCUT2D eigenvalue weighted by Gasteiger charge is -2.21. The van der Waals surface area contributed by atoms with Gasteiger partial charge in [-0.05, 0) is 17.7 Å². The average Bonchev–Trinajstić information content (AvgIpc) is 2.50. The van der Waals surface area contributed by atoms with E-state index in [0.717, 1.165) is 5.56 Å². The number of ether oxygens (including phenoxy) is 2. The van der Waals surface area contributed by atoms with Crippen LogP contribution in [0.5, 0.6) is 0 Å². The van der Waals surface area contributed by atoms with Gasteiger partial charge in [-0.1, -0.05) is 12.1 Å². The van der Waals surface area contributed by atoms with Crippen LogP contribution in [0.2, 0.25) is 0 Å². The molecule has 1 aromatic carbocycles. The van der Waals surface area contributed by atoms with E-state index >= 15 is 0 Å². The monoisotopic (exact) mass is 295 g/mol. The first-order valence-electron chi connectivity index (χ1n) is 6.67. The predicted octanol–water partition coefficient (Wildman–Crippen LogP) is 1.40. The lowest BCUT2D eigenvalue weighted by molar-refractivity contribution is -0.141. The molecule has 6 heteroatoms. The van der Waals surface area contributed by atoms with Crippen LogP contribution in [0.1, 0.15) is 22.3 Å². The molecule has 0 unspecified atom stereocenters. The molecule has 1 N–H and O–H groups in total. The van der Waals surface area contributed by atoms with Gasteiger partial charge in [-0.25, -0.2) is 4.79 Å². The Balaban J connectivity index is 2.61. The molecule has 0 fully saturated rings. The summed E-state index contributed by atoms with van der Waals surface area (Å²) in [6.45, 7) is 2.44. The number of carbonyl (C=O) groups excluding carboxylic acids is 1. The van der Waals surface area contributed by atoms with E-state index in [-0.39, 0.29) is 11.5 Å². The fourth-order valence-electron chi connectivity index (χ4n) is 1.85. The summed E-state index contributed by atoms with van der Waals surface area (Å²) < 4.78 is 9.69. The third-order valence-corrected chi connectivity index (χ3v) is 3.08. The van der Waals surface area contributed by atoms with Crippen molar-refractivity contribution < 1.29 is 24.2 Å². The Morgan fingerprint density at radius 1 is 1.14 bits per heavy atom. The average molecular weight is 295 g/mol. The van der Waals surface area contributed by atoms with Gasteiger partial charge in [0, 0.05) is 26.7 Å². The van der Waals surface area contributed by atoms with E-state index < -0.39 is 5.97 Å². The zero-order valence-electron chi connectivity index (χ0n) is 12.4. The number of rotatable bonds is 9. The van der Waals surface area contributed by atoms with Crippen LogP contribution in [0.25, 0.3) is 0 Å². The SMILES string of the molecule is COCCN(CCC(=O)OC)Cc1ccc(C(=O)O)cc1. The van der Waals surface area contributed by atoms with Crippen molar-refractivity contribution in [2.24, 2.45) is 0 Å². The molecule has 6 nitrogen and oxygen atoms in total. The largest absolute Gasteiger partial charge is 0.478 e. The van der Waals surface area contributed by atoms with Crippen molar-refractivity contribution in [3.05, 3.63) is 35.4 Å². The Labute approximate surface area is 124 Å². The zero-order valence-corrected chi connectivity index (χ0v) is 12.4. The molecule has 0 aromatic heterocycles. The molecule has 0 saturated heterocycles. The second kappa shape index (κ2) is 9.10. The Bertz CT molecular complexity index is 458. The van der Waals surface area contributed by atoms with Gasteiger partial charge in [0.2, 0.25) is 0 Å². The van der Waals surface area contributed by atoms with Crippen molar-refractivity contribution in [2.75, 3.05) is 33.9 Å². The number of nitrogens with zero attached hydrogens (tertiary/aromatic N) is 1. The second-order valence-electron chi connectivity index (χ2n) is 4.60. The van der Waals surface area contributed by atoms with Crippen LogP contribution in [-0.4, -0.2) is 55.9 Å². The Hall–Kier alpha value is -1.92. The molecule has 1 rings (SSSR count). The third kappa shape index (κ3) is 6.37.